The molecule has 0 amide bonds. The minimum atomic E-state index is -0.671. The summed E-state index contributed by atoms with van der Waals surface area (Å²) < 4.78 is 15.8. The fraction of sp³-hybridized carbons (Fsp3) is 0. The van der Waals surface area contributed by atoms with Crippen molar-refractivity contribution in [3.8, 4) is 5.69 Å². The average molecular weight is 376 g/mol. The fourth-order valence-corrected chi connectivity index (χ4v) is 2.68. The summed E-state index contributed by atoms with van der Waals surface area (Å²) >= 11 is 14.9. The molecule has 2 heterocycles. The van der Waals surface area contributed by atoms with Crippen LogP contribution in [0.2, 0.25) is 10.0 Å². The molecule has 0 atom stereocenters. The number of benzene rings is 1. The predicted molar refractivity (Wildman–Crippen MR) is 81.0 cm³/mol. The maximum atomic E-state index is 13.5. The molecule has 0 saturated heterocycles. The lowest BCUT2D eigenvalue weighted by atomic mass is 10.3. The highest BCUT2D eigenvalue weighted by Gasteiger charge is 2.15. The van der Waals surface area contributed by atoms with Gasteiger partial charge in [-0.15, -0.1) is 0 Å². The van der Waals surface area contributed by atoms with Crippen LogP contribution in [-0.4, -0.2) is 14.5 Å². The largest absolute Gasteiger partial charge is 0.369 e. The van der Waals surface area contributed by atoms with Crippen LogP contribution in [0.15, 0.2) is 28.9 Å². The number of hydrogen-bond donors (Lipinski definition) is 1. The van der Waals surface area contributed by atoms with Crippen LogP contribution in [0, 0.1) is 5.82 Å². The second-order valence-electron chi connectivity index (χ2n) is 4.03. The Balaban J connectivity index is 2.32. The number of nitrogens with two attached hydrogens (primary N) is 1. The van der Waals surface area contributed by atoms with E-state index < -0.39 is 5.82 Å². The van der Waals surface area contributed by atoms with Crippen LogP contribution >= 0.6 is 39.1 Å². The summed E-state index contributed by atoms with van der Waals surface area (Å²) in [5.74, 6) is -0.458. The number of pyridine rings is 1. The predicted octanol–water partition coefficient (Wildman–Crippen LogP) is 4.21. The smallest absolute Gasteiger partial charge is 0.207 e. The molecule has 8 heteroatoms. The van der Waals surface area contributed by atoms with Gasteiger partial charge in [0, 0.05) is 10.7 Å². The number of hydrogen-bond acceptors (Lipinski definition) is 3. The van der Waals surface area contributed by atoms with Gasteiger partial charge in [0.15, 0.2) is 11.5 Å². The van der Waals surface area contributed by atoms with Crippen molar-refractivity contribution in [1.82, 2.24) is 14.5 Å². The van der Waals surface area contributed by atoms with Crippen molar-refractivity contribution < 1.29 is 4.39 Å². The number of aromatic nitrogens is 3. The molecule has 3 aromatic rings. The molecule has 0 unspecified atom stereocenters. The summed E-state index contributed by atoms with van der Waals surface area (Å²) in [6, 6.07) is 4.62. The SMILES string of the molecule is Nc1nc2cc(Br)cnc2n1-c1cc(Cl)c(F)c(Cl)c1. The van der Waals surface area contributed by atoms with E-state index >= 15 is 0 Å². The van der Waals surface area contributed by atoms with Gasteiger partial charge in [0.2, 0.25) is 5.95 Å². The second-order valence-corrected chi connectivity index (χ2v) is 5.76. The van der Waals surface area contributed by atoms with Crippen LogP contribution < -0.4 is 5.73 Å². The van der Waals surface area contributed by atoms with E-state index in [9.17, 15) is 4.39 Å². The lowest BCUT2D eigenvalue weighted by Gasteiger charge is -2.08. The van der Waals surface area contributed by atoms with Gasteiger partial charge in [0.25, 0.3) is 0 Å². The minimum absolute atomic E-state index is 0.0918. The zero-order chi connectivity index (χ0) is 14.4. The molecule has 0 aliphatic rings. The van der Waals surface area contributed by atoms with Gasteiger partial charge in [0.05, 0.1) is 15.7 Å². The maximum Gasteiger partial charge on any atom is 0.207 e. The van der Waals surface area contributed by atoms with Crippen molar-refractivity contribution in [3.05, 3.63) is 44.7 Å². The quantitative estimate of drug-likeness (QED) is 0.648. The summed E-state index contributed by atoms with van der Waals surface area (Å²) in [5, 5.41) is -0.184. The van der Waals surface area contributed by atoms with Gasteiger partial charge in [0.1, 0.15) is 5.52 Å². The van der Waals surface area contributed by atoms with E-state index in [0.717, 1.165) is 4.47 Å². The number of fused-ring (bicyclic) bond motifs is 1. The molecule has 0 aliphatic heterocycles. The normalized spacial score (nSPS) is 11.2. The number of anilines is 1. The first kappa shape index (κ1) is 13.6. The number of rotatable bonds is 1. The first-order chi connectivity index (χ1) is 9.47. The van der Waals surface area contributed by atoms with E-state index in [1.54, 1.807) is 16.8 Å². The van der Waals surface area contributed by atoms with Gasteiger partial charge in [-0.3, -0.25) is 4.57 Å². The summed E-state index contributed by atoms with van der Waals surface area (Å²) in [7, 11) is 0. The van der Waals surface area contributed by atoms with E-state index in [-0.39, 0.29) is 16.0 Å². The molecular formula is C12H6BrCl2FN4. The van der Waals surface area contributed by atoms with Gasteiger partial charge >= 0.3 is 0 Å². The van der Waals surface area contributed by atoms with Gasteiger partial charge in [-0.2, -0.15) is 0 Å². The second kappa shape index (κ2) is 4.87. The van der Waals surface area contributed by atoms with E-state index in [4.69, 9.17) is 28.9 Å². The number of nitrogens with zero attached hydrogens (tertiary/aromatic N) is 3. The molecule has 2 aromatic heterocycles. The van der Waals surface area contributed by atoms with Crippen LogP contribution in [0.25, 0.3) is 16.9 Å². The molecule has 0 saturated carbocycles. The van der Waals surface area contributed by atoms with Crippen LogP contribution in [0.1, 0.15) is 0 Å². The standard InChI is InChI=1S/C12H6BrCl2FN4/c13-5-1-9-11(18-4-5)20(12(17)19-9)6-2-7(14)10(16)8(15)3-6/h1-4H,(H2,17,19). The molecule has 102 valence electrons. The molecule has 0 aliphatic carbocycles. The van der Waals surface area contributed by atoms with Gasteiger partial charge in [-0.25, -0.2) is 14.4 Å². The molecule has 0 bridgehead atoms. The number of imidazole rings is 1. The topological polar surface area (TPSA) is 56.7 Å². The van der Waals surface area contributed by atoms with Crippen LogP contribution in [0.5, 0.6) is 0 Å². The Bertz CT molecular complexity index is 811. The third-order valence-corrected chi connectivity index (χ3v) is 3.70. The first-order valence-corrected chi connectivity index (χ1v) is 6.96. The molecule has 0 spiro atoms. The Morgan fingerprint density at radius 1 is 1.20 bits per heavy atom. The molecular weight excluding hydrogens is 370 g/mol. The number of nitrogen functional groups attached to an aromatic ring is 1. The van der Waals surface area contributed by atoms with Crippen molar-refractivity contribution in [1.29, 1.82) is 0 Å². The highest BCUT2D eigenvalue weighted by molar-refractivity contribution is 9.10. The van der Waals surface area contributed by atoms with Crippen LogP contribution in [-0.2, 0) is 0 Å². The monoisotopic (exact) mass is 374 g/mol. The first-order valence-electron chi connectivity index (χ1n) is 5.42. The third-order valence-electron chi connectivity index (χ3n) is 2.72. The Labute approximate surface area is 131 Å². The van der Waals surface area contributed by atoms with Crippen molar-refractivity contribution in [2.45, 2.75) is 0 Å². The lowest BCUT2D eigenvalue weighted by Crippen LogP contribution is -2.02. The Hall–Kier alpha value is -1.37. The Morgan fingerprint density at radius 3 is 2.50 bits per heavy atom. The van der Waals surface area contributed by atoms with Gasteiger partial charge < -0.3 is 5.73 Å². The molecule has 4 nitrogen and oxygen atoms in total. The zero-order valence-corrected chi connectivity index (χ0v) is 12.8. The van der Waals surface area contributed by atoms with Crippen molar-refractivity contribution in [2.75, 3.05) is 5.73 Å². The van der Waals surface area contributed by atoms with E-state index in [0.29, 0.717) is 16.9 Å². The average Bonchev–Trinajstić information content (AvgIpc) is 2.70. The van der Waals surface area contributed by atoms with E-state index in [1.165, 1.54) is 12.1 Å². The zero-order valence-electron chi connectivity index (χ0n) is 9.74. The Morgan fingerprint density at radius 2 is 1.85 bits per heavy atom. The summed E-state index contributed by atoms with van der Waals surface area (Å²) in [6.07, 6.45) is 1.62. The highest BCUT2D eigenvalue weighted by atomic mass is 79.9. The van der Waals surface area contributed by atoms with Crippen molar-refractivity contribution in [3.63, 3.8) is 0 Å². The van der Waals surface area contributed by atoms with Gasteiger partial charge in [-0.1, -0.05) is 23.2 Å². The summed E-state index contributed by atoms with van der Waals surface area (Å²) in [6.45, 7) is 0. The Kier molecular flexibility index (Phi) is 3.32. The molecule has 0 radical (unpaired) electrons. The van der Waals surface area contributed by atoms with E-state index in [2.05, 4.69) is 25.9 Å². The van der Waals surface area contributed by atoms with Crippen LogP contribution in [0.4, 0.5) is 10.3 Å². The van der Waals surface area contributed by atoms with Crippen molar-refractivity contribution in [2.24, 2.45) is 0 Å². The molecule has 0 fully saturated rings. The van der Waals surface area contributed by atoms with E-state index in [1.807, 2.05) is 0 Å². The molecule has 2 N–H and O–H groups in total. The highest BCUT2D eigenvalue weighted by Crippen LogP contribution is 2.30. The lowest BCUT2D eigenvalue weighted by molar-refractivity contribution is 0.628. The summed E-state index contributed by atoms with van der Waals surface area (Å²) in [4.78, 5) is 8.45. The minimum Gasteiger partial charge on any atom is -0.369 e. The van der Waals surface area contributed by atoms with Gasteiger partial charge in [-0.05, 0) is 34.1 Å². The maximum absolute atomic E-state index is 13.5. The molecule has 20 heavy (non-hydrogen) atoms. The number of halogens is 4. The van der Waals surface area contributed by atoms with Crippen LogP contribution in [0.3, 0.4) is 0 Å². The summed E-state index contributed by atoms with van der Waals surface area (Å²) in [5.41, 5.74) is 7.52. The fourth-order valence-electron chi connectivity index (χ4n) is 1.88. The third kappa shape index (κ3) is 2.13. The molecule has 3 rings (SSSR count). The van der Waals surface area contributed by atoms with Crippen molar-refractivity contribution >= 4 is 56.2 Å². The molecule has 1 aromatic carbocycles.